The van der Waals surface area contributed by atoms with Crippen molar-refractivity contribution in [2.45, 2.75) is 6.04 Å². The molecule has 2 heterocycles. The molecule has 1 aromatic heterocycles. The summed E-state index contributed by atoms with van der Waals surface area (Å²) >= 11 is 0. The summed E-state index contributed by atoms with van der Waals surface area (Å²) in [5.41, 5.74) is 5.14. The topological polar surface area (TPSA) is 128 Å². The van der Waals surface area contributed by atoms with E-state index >= 15 is 0 Å². The first kappa shape index (κ1) is 12.3. The number of pyridine rings is 1. The van der Waals surface area contributed by atoms with Crippen molar-refractivity contribution in [2.75, 3.05) is 16.8 Å². The van der Waals surface area contributed by atoms with E-state index in [-0.39, 0.29) is 17.3 Å². The molecule has 1 aliphatic rings. The van der Waals surface area contributed by atoms with Crippen molar-refractivity contribution in [3.8, 4) is 0 Å². The molecule has 0 saturated heterocycles. The molecule has 0 amide bonds. The molecular formula is C9H10N4O4S. The highest BCUT2D eigenvalue weighted by atomic mass is 32.2. The smallest absolute Gasteiger partial charge is 0.311 e. The van der Waals surface area contributed by atoms with E-state index < -0.39 is 20.8 Å². The molecule has 96 valence electrons. The number of hydrogen-bond acceptors (Lipinski definition) is 7. The molecule has 0 saturated carbocycles. The van der Waals surface area contributed by atoms with Gasteiger partial charge in [-0.3, -0.25) is 10.1 Å². The largest absolute Gasteiger partial charge is 0.378 e. The zero-order chi connectivity index (χ0) is 13.3. The summed E-state index contributed by atoms with van der Waals surface area (Å²) in [7, 11) is -3.16. The molecule has 0 spiro atoms. The first-order chi connectivity index (χ1) is 8.37. The van der Waals surface area contributed by atoms with Gasteiger partial charge in [0.2, 0.25) is 5.82 Å². The second-order valence-corrected chi connectivity index (χ2v) is 5.70. The van der Waals surface area contributed by atoms with Crippen molar-refractivity contribution in [1.29, 1.82) is 0 Å². The van der Waals surface area contributed by atoms with E-state index in [9.17, 15) is 18.5 Å². The standard InChI is InChI=1S/C9H10N4O4S/c10-9-7(13(14)15)1-2-8(12-9)11-6-3-4-18(16,17)5-6/h1-4,6H,5H2,(H3,10,11,12). The summed E-state index contributed by atoms with van der Waals surface area (Å²) < 4.78 is 22.4. The summed E-state index contributed by atoms with van der Waals surface area (Å²) in [6, 6.07) is 2.20. The fourth-order valence-corrected chi connectivity index (χ4v) is 2.79. The Labute approximate surface area is 103 Å². The highest BCUT2D eigenvalue weighted by Gasteiger charge is 2.22. The number of nitro groups is 1. The Hall–Kier alpha value is -2.16. The van der Waals surface area contributed by atoms with Crippen LogP contribution in [0.25, 0.3) is 0 Å². The number of hydrogen-bond donors (Lipinski definition) is 2. The lowest BCUT2D eigenvalue weighted by molar-refractivity contribution is -0.384. The number of aromatic nitrogens is 1. The molecule has 0 aliphatic carbocycles. The van der Waals surface area contributed by atoms with Crippen molar-refractivity contribution in [3.05, 3.63) is 33.7 Å². The zero-order valence-corrected chi connectivity index (χ0v) is 9.92. The minimum Gasteiger partial charge on any atom is -0.378 e. The van der Waals surface area contributed by atoms with Crippen LogP contribution < -0.4 is 11.1 Å². The first-order valence-corrected chi connectivity index (χ1v) is 6.67. The summed E-state index contributed by atoms with van der Waals surface area (Å²) in [6.07, 6.45) is 1.49. The van der Waals surface area contributed by atoms with Crippen LogP contribution in [-0.2, 0) is 9.84 Å². The average molecular weight is 270 g/mol. The third-order valence-electron chi connectivity index (χ3n) is 2.36. The Balaban J connectivity index is 2.15. The van der Waals surface area contributed by atoms with E-state index in [0.29, 0.717) is 5.82 Å². The lowest BCUT2D eigenvalue weighted by atomic mass is 10.3. The van der Waals surface area contributed by atoms with Crippen LogP contribution >= 0.6 is 0 Å². The Morgan fingerprint density at radius 2 is 2.22 bits per heavy atom. The Morgan fingerprint density at radius 3 is 2.72 bits per heavy atom. The van der Waals surface area contributed by atoms with Gasteiger partial charge in [-0.2, -0.15) is 0 Å². The fourth-order valence-electron chi connectivity index (χ4n) is 1.56. The van der Waals surface area contributed by atoms with Crippen molar-refractivity contribution >= 4 is 27.2 Å². The number of nitrogens with two attached hydrogens (primary N) is 1. The number of sulfone groups is 1. The van der Waals surface area contributed by atoms with Crippen LogP contribution in [0.2, 0.25) is 0 Å². The molecule has 0 bridgehead atoms. The molecule has 1 aromatic rings. The summed E-state index contributed by atoms with van der Waals surface area (Å²) in [6.45, 7) is 0. The average Bonchev–Trinajstić information content (AvgIpc) is 2.57. The molecule has 0 radical (unpaired) electrons. The van der Waals surface area contributed by atoms with Gasteiger partial charge >= 0.3 is 5.69 Å². The Bertz CT molecular complexity index is 625. The van der Waals surface area contributed by atoms with E-state index in [1.54, 1.807) is 0 Å². The number of nitrogen functional groups attached to an aromatic ring is 1. The van der Waals surface area contributed by atoms with Gasteiger partial charge in [-0.15, -0.1) is 0 Å². The lowest BCUT2D eigenvalue weighted by Gasteiger charge is -2.10. The number of nitrogens with zero attached hydrogens (tertiary/aromatic N) is 2. The Kier molecular flexibility index (Phi) is 2.91. The van der Waals surface area contributed by atoms with E-state index in [1.807, 2.05) is 0 Å². The number of nitrogens with one attached hydrogen (secondary N) is 1. The van der Waals surface area contributed by atoms with Crippen molar-refractivity contribution in [1.82, 2.24) is 4.98 Å². The second-order valence-electron chi connectivity index (χ2n) is 3.77. The predicted octanol–water partition coefficient (Wildman–Crippen LogP) is 0.295. The van der Waals surface area contributed by atoms with E-state index in [2.05, 4.69) is 10.3 Å². The zero-order valence-electron chi connectivity index (χ0n) is 9.11. The molecular weight excluding hydrogens is 260 g/mol. The van der Waals surface area contributed by atoms with Gasteiger partial charge in [-0.05, 0) is 12.1 Å². The molecule has 2 rings (SSSR count). The molecule has 1 unspecified atom stereocenters. The van der Waals surface area contributed by atoms with Crippen LogP contribution in [-0.4, -0.2) is 30.1 Å². The summed E-state index contributed by atoms with van der Waals surface area (Å²) in [5.74, 6) is 0.0191. The first-order valence-electron chi connectivity index (χ1n) is 4.96. The third-order valence-corrected chi connectivity index (χ3v) is 3.76. The van der Waals surface area contributed by atoms with Crippen LogP contribution in [0.3, 0.4) is 0 Å². The Morgan fingerprint density at radius 1 is 1.50 bits per heavy atom. The van der Waals surface area contributed by atoms with Gasteiger partial charge in [0.05, 0.1) is 16.7 Å². The monoisotopic (exact) mass is 270 g/mol. The fraction of sp³-hybridized carbons (Fsp3) is 0.222. The van der Waals surface area contributed by atoms with Gasteiger partial charge < -0.3 is 11.1 Å². The number of anilines is 2. The normalized spacial score (nSPS) is 20.8. The van der Waals surface area contributed by atoms with Gasteiger partial charge in [-0.1, -0.05) is 0 Å². The van der Waals surface area contributed by atoms with Gasteiger partial charge in [0, 0.05) is 11.5 Å². The highest BCUT2D eigenvalue weighted by molar-refractivity contribution is 7.94. The molecule has 0 fully saturated rings. The quantitative estimate of drug-likeness (QED) is 0.596. The van der Waals surface area contributed by atoms with Crippen LogP contribution in [0.1, 0.15) is 0 Å². The van der Waals surface area contributed by atoms with E-state index in [1.165, 1.54) is 18.2 Å². The van der Waals surface area contributed by atoms with Gasteiger partial charge in [0.15, 0.2) is 9.84 Å². The number of rotatable bonds is 3. The molecule has 3 N–H and O–H groups in total. The maximum absolute atomic E-state index is 11.2. The minimum absolute atomic E-state index is 0.0639. The molecule has 0 aromatic carbocycles. The van der Waals surface area contributed by atoms with Gasteiger partial charge in [-0.25, -0.2) is 13.4 Å². The maximum Gasteiger partial charge on any atom is 0.311 e. The van der Waals surface area contributed by atoms with Crippen LogP contribution in [0.4, 0.5) is 17.3 Å². The molecule has 8 nitrogen and oxygen atoms in total. The van der Waals surface area contributed by atoms with E-state index in [0.717, 1.165) is 5.41 Å². The van der Waals surface area contributed by atoms with Crippen LogP contribution in [0.15, 0.2) is 23.6 Å². The predicted molar refractivity (Wildman–Crippen MR) is 65.6 cm³/mol. The second kappa shape index (κ2) is 4.26. The molecule has 9 heteroatoms. The molecule has 1 atom stereocenters. The summed E-state index contributed by atoms with van der Waals surface area (Å²) in [5, 5.41) is 14.5. The van der Waals surface area contributed by atoms with Gasteiger partial charge in [0.25, 0.3) is 0 Å². The van der Waals surface area contributed by atoms with Crippen molar-refractivity contribution < 1.29 is 13.3 Å². The molecule has 1 aliphatic heterocycles. The van der Waals surface area contributed by atoms with Crippen LogP contribution in [0.5, 0.6) is 0 Å². The highest BCUT2D eigenvalue weighted by Crippen LogP contribution is 2.22. The lowest BCUT2D eigenvalue weighted by Crippen LogP contribution is -2.21. The SMILES string of the molecule is Nc1nc(NC2C=CS(=O)(=O)C2)ccc1[N+](=O)[O-]. The van der Waals surface area contributed by atoms with Crippen LogP contribution in [0, 0.1) is 10.1 Å². The maximum atomic E-state index is 11.2. The van der Waals surface area contributed by atoms with Gasteiger partial charge in [0.1, 0.15) is 5.82 Å². The van der Waals surface area contributed by atoms with E-state index in [4.69, 9.17) is 5.73 Å². The minimum atomic E-state index is -3.16. The van der Waals surface area contributed by atoms with Crippen molar-refractivity contribution in [2.24, 2.45) is 0 Å². The van der Waals surface area contributed by atoms with Crippen molar-refractivity contribution in [3.63, 3.8) is 0 Å². The summed E-state index contributed by atoms with van der Waals surface area (Å²) in [4.78, 5) is 13.7. The molecule has 18 heavy (non-hydrogen) atoms. The third kappa shape index (κ3) is 2.56.